The summed E-state index contributed by atoms with van der Waals surface area (Å²) in [6, 6.07) is 4.23. The van der Waals surface area contributed by atoms with Gasteiger partial charge in [0.1, 0.15) is 30.4 Å². The average molecular weight is 337 g/mol. The van der Waals surface area contributed by atoms with E-state index in [1.165, 1.54) is 12.1 Å². The molecule has 0 spiro atoms. The van der Waals surface area contributed by atoms with Crippen LogP contribution in [0.3, 0.4) is 0 Å². The molecule has 1 aliphatic rings. The maximum absolute atomic E-state index is 13.8. The summed E-state index contributed by atoms with van der Waals surface area (Å²) < 4.78 is 29.7. The van der Waals surface area contributed by atoms with E-state index in [2.05, 4.69) is 11.9 Å². The predicted octanol–water partition coefficient (Wildman–Crippen LogP) is 3.23. The molecule has 0 aromatic heterocycles. The molecule has 1 unspecified atom stereocenters. The highest BCUT2D eigenvalue weighted by Crippen LogP contribution is 2.22. The summed E-state index contributed by atoms with van der Waals surface area (Å²) in [4.78, 5) is 11.9. The fourth-order valence-corrected chi connectivity index (χ4v) is 2.25. The number of benzene rings is 1. The molecule has 5 nitrogen and oxygen atoms in total. The van der Waals surface area contributed by atoms with Gasteiger partial charge in [-0.15, -0.1) is 0 Å². The molecule has 6 heteroatoms. The number of ether oxygens (including phenoxy) is 3. The summed E-state index contributed by atoms with van der Waals surface area (Å²) in [6.07, 6.45) is 2.06. The van der Waals surface area contributed by atoms with E-state index >= 15 is 0 Å². The van der Waals surface area contributed by atoms with Crippen LogP contribution in [0.1, 0.15) is 25.8 Å². The molecule has 0 saturated carbocycles. The van der Waals surface area contributed by atoms with Crippen molar-refractivity contribution in [2.45, 2.75) is 44.9 Å². The first kappa shape index (κ1) is 18.3. The van der Waals surface area contributed by atoms with Crippen LogP contribution < -0.4 is 10.1 Å². The number of epoxide rings is 1. The van der Waals surface area contributed by atoms with E-state index in [1.807, 2.05) is 13.8 Å². The lowest BCUT2D eigenvalue weighted by Gasteiger charge is -2.19. The van der Waals surface area contributed by atoms with Crippen molar-refractivity contribution < 1.29 is 23.4 Å². The van der Waals surface area contributed by atoms with E-state index in [4.69, 9.17) is 14.2 Å². The third-order valence-electron chi connectivity index (χ3n) is 3.75. The van der Waals surface area contributed by atoms with Crippen LogP contribution in [0, 0.1) is 5.82 Å². The van der Waals surface area contributed by atoms with Crippen molar-refractivity contribution in [2.75, 3.05) is 13.2 Å². The van der Waals surface area contributed by atoms with Crippen molar-refractivity contribution >= 4 is 6.09 Å². The molecular formula is C18H24FNO4. The number of alkyl carbamates (subject to hydrolysis) is 1. The van der Waals surface area contributed by atoms with Gasteiger partial charge in [-0.25, -0.2) is 9.18 Å². The first-order chi connectivity index (χ1) is 11.5. The molecule has 1 N–H and O–H groups in total. The van der Waals surface area contributed by atoms with Crippen LogP contribution in [0.4, 0.5) is 9.18 Å². The van der Waals surface area contributed by atoms with Crippen LogP contribution in [0.25, 0.3) is 0 Å². The van der Waals surface area contributed by atoms with E-state index in [9.17, 15) is 9.18 Å². The number of hydrogen-bond donors (Lipinski definition) is 1. The zero-order valence-electron chi connectivity index (χ0n) is 14.1. The molecule has 0 bridgehead atoms. The van der Waals surface area contributed by atoms with Gasteiger partial charge in [-0.05, 0) is 37.5 Å². The van der Waals surface area contributed by atoms with Crippen LogP contribution in [-0.2, 0) is 15.9 Å². The molecule has 0 aliphatic carbocycles. The van der Waals surface area contributed by atoms with E-state index < -0.39 is 6.09 Å². The largest absolute Gasteiger partial charge is 0.489 e. The molecular weight excluding hydrogens is 313 g/mol. The standard InChI is InChI=1S/C18H24FNO4/c1-4-6-22-15-8-13(7-14(19)10-15)9-16(17-11-23-17)20-18(21)24-12(3)5-2/h4,7-8,10,12,16-17H,1,5-6,9,11H2,2-3H3,(H,20,21)/t12?,16-,17+/m0/s1. The highest BCUT2D eigenvalue weighted by Gasteiger charge is 2.34. The molecule has 1 aromatic rings. The van der Waals surface area contributed by atoms with E-state index in [-0.39, 0.29) is 24.1 Å². The van der Waals surface area contributed by atoms with Crippen LogP contribution in [0.5, 0.6) is 5.75 Å². The number of rotatable bonds is 9. The quantitative estimate of drug-likeness (QED) is 0.555. The number of amides is 1. The number of hydrogen-bond acceptors (Lipinski definition) is 4. The highest BCUT2D eigenvalue weighted by molar-refractivity contribution is 5.68. The third-order valence-corrected chi connectivity index (χ3v) is 3.75. The first-order valence-electron chi connectivity index (χ1n) is 8.13. The van der Waals surface area contributed by atoms with Crippen LogP contribution in [-0.4, -0.2) is 37.6 Å². The second-order valence-electron chi connectivity index (χ2n) is 5.85. The van der Waals surface area contributed by atoms with Crippen molar-refractivity contribution in [3.8, 4) is 5.75 Å². The van der Waals surface area contributed by atoms with Gasteiger partial charge in [-0.1, -0.05) is 19.6 Å². The third kappa shape index (κ3) is 5.85. The van der Waals surface area contributed by atoms with Gasteiger partial charge in [0.05, 0.1) is 12.6 Å². The number of carbonyl (C=O) groups excluding carboxylic acids is 1. The zero-order valence-corrected chi connectivity index (χ0v) is 14.1. The predicted molar refractivity (Wildman–Crippen MR) is 88.7 cm³/mol. The molecule has 132 valence electrons. The fourth-order valence-electron chi connectivity index (χ4n) is 2.25. The minimum Gasteiger partial charge on any atom is -0.489 e. The molecule has 1 heterocycles. The van der Waals surface area contributed by atoms with Crippen molar-refractivity contribution in [3.05, 3.63) is 42.2 Å². The van der Waals surface area contributed by atoms with Crippen LogP contribution in [0.2, 0.25) is 0 Å². The van der Waals surface area contributed by atoms with E-state index in [0.29, 0.717) is 25.4 Å². The second-order valence-corrected chi connectivity index (χ2v) is 5.85. The summed E-state index contributed by atoms with van der Waals surface area (Å²) in [6.45, 7) is 8.22. The van der Waals surface area contributed by atoms with Gasteiger partial charge in [0.15, 0.2) is 0 Å². The lowest BCUT2D eigenvalue weighted by molar-refractivity contribution is 0.0999. The lowest BCUT2D eigenvalue weighted by atomic mass is 10.0. The van der Waals surface area contributed by atoms with Gasteiger partial charge in [0.2, 0.25) is 0 Å². The van der Waals surface area contributed by atoms with Crippen molar-refractivity contribution in [2.24, 2.45) is 0 Å². The Morgan fingerprint density at radius 2 is 2.29 bits per heavy atom. The minimum absolute atomic E-state index is 0.0738. The SMILES string of the molecule is C=CCOc1cc(F)cc(C[C@H](NC(=O)OC(C)CC)[C@H]2CO2)c1. The first-order valence-corrected chi connectivity index (χ1v) is 8.13. The van der Waals surface area contributed by atoms with E-state index in [1.54, 1.807) is 12.1 Å². The Balaban J connectivity index is 2.01. The lowest BCUT2D eigenvalue weighted by Crippen LogP contribution is -2.41. The topological polar surface area (TPSA) is 60.1 Å². The molecule has 1 aliphatic heterocycles. The number of halogens is 1. The Morgan fingerprint density at radius 1 is 1.54 bits per heavy atom. The van der Waals surface area contributed by atoms with Crippen LogP contribution in [0.15, 0.2) is 30.9 Å². The monoisotopic (exact) mass is 337 g/mol. The van der Waals surface area contributed by atoms with E-state index in [0.717, 1.165) is 12.0 Å². The average Bonchev–Trinajstić information content (AvgIpc) is 3.36. The van der Waals surface area contributed by atoms with Crippen molar-refractivity contribution in [1.82, 2.24) is 5.32 Å². The molecule has 2 rings (SSSR count). The van der Waals surface area contributed by atoms with Gasteiger partial charge in [-0.3, -0.25) is 0 Å². The van der Waals surface area contributed by atoms with Crippen molar-refractivity contribution in [1.29, 1.82) is 0 Å². The second kappa shape index (κ2) is 8.68. The number of carbonyl (C=O) groups is 1. The Labute approximate surface area is 141 Å². The van der Waals surface area contributed by atoms with Gasteiger partial charge >= 0.3 is 6.09 Å². The molecule has 1 saturated heterocycles. The molecule has 1 amide bonds. The summed E-state index contributed by atoms with van der Waals surface area (Å²) in [5.41, 5.74) is 0.721. The Hall–Kier alpha value is -2.08. The smallest absolute Gasteiger partial charge is 0.407 e. The number of nitrogens with one attached hydrogen (secondary N) is 1. The Morgan fingerprint density at radius 3 is 2.92 bits per heavy atom. The highest BCUT2D eigenvalue weighted by atomic mass is 19.1. The van der Waals surface area contributed by atoms with Gasteiger partial charge in [0, 0.05) is 6.07 Å². The summed E-state index contributed by atoms with van der Waals surface area (Å²) in [7, 11) is 0. The molecule has 24 heavy (non-hydrogen) atoms. The molecule has 3 atom stereocenters. The normalized spacial score (nSPS) is 18.4. The van der Waals surface area contributed by atoms with Crippen molar-refractivity contribution in [3.63, 3.8) is 0 Å². The minimum atomic E-state index is -0.482. The molecule has 0 radical (unpaired) electrons. The molecule has 1 fully saturated rings. The Bertz CT molecular complexity index is 574. The fraction of sp³-hybridized carbons (Fsp3) is 0.500. The zero-order chi connectivity index (χ0) is 17.5. The Kier molecular flexibility index (Phi) is 6.61. The maximum Gasteiger partial charge on any atom is 0.407 e. The summed E-state index contributed by atoms with van der Waals surface area (Å²) in [5.74, 6) is 0.0479. The maximum atomic E-state index is 13.8. The van der Waals surface area contributed by atoms with Crippen LogP contribution >= 0.6 is 0 Å². The summed E-state index contributed by atoms with van der Waals surface area (Å²) >= 11 is 0. The van der Waals surface area contributed by atoms with Gasteiger partial charge < -0.3 is 19.5 Å². The van der Waals surface area contributed by atoms with Gasteiger partial charge in [0.25, 0.3) is 0 Å². The summed E-state index contributed by atoms with van der Waals surface area (Å²) in [5, 5.41) is 2.81. The molecule has 1 aromatic carbocycles. The van der Waals surface area contributed by atoms with Gasteiger partial charge in [-0.2, -0.15) is 0 Å².